The van der Waals surface area contributed by atoms with Crippen LogP contribution in [0.3, 0.4) is 0 Å². The highest BCUT2D eigenvalue weighted by Crippen LogP contribution is 2.11. The molecule has 1 heterocycles. The molecule has 1 aromatic carbocycles. The molecule has 1 saturated heterocycles. The highest BCUT2D eigenvalue weighted by molar-refractivity contribution is 7.87. The van der Waals surface area contributed by atoms with Crippen molar-refractivity contribution in [1.29, 1.82) is 0 Å². The van der Waals surface area contributed by atoms with Gasteiger partial charge in [0.05, 0.1) is 7.11 Å². The number of piperazine rings is 1. The Morgan fingerprint density at radius 2 is 1.90 bits per heavy atom. The Bertz CT molecular complexity index is 510. The second-order valence-electron chi connectivity index (χ2n) is 4.65. The number of rotatable bonds is 6. The van der Waals surface area contributed by atoms with Crippen molar-refractivity contribution in [2.45, 2.75) is 6.42 Å². The van der Waals surface area contributed by atoms with E-state index >= 15 is 0 Å². The molecule has 20 heavy (non-hydrogen) atoms. The number of hydrogen-bond donors (Lipinski definition) is 2. The molecule has 0 aromatic heterocycles. The van der Waals surface area contributed by atoms with Crippen molar-refractivity contribution in [3.63, 3.8) is 0 Å². The van der Waals surface area contributed by atoms with Gasteiger partial charge in [0.15, 0.2) is 0 Å². The summed E-state index contributed by atoms with van der Waals surface area (Å²) in [4.78, 5) is 0. The average molecular weight is 299 g/mol. The van der Waals surface area contributed by atoms with Crippen LogP contribution in [0, 0.1) is 0 Å². The Kier molecular flexibility index (Phi) is 5.36. The number of nitrogens with zero attached hydrogens (tertiary/aromatic N) is 1. The minimum atomic E-state index is -3.35. The third-order valence-electron chi connectivity index (χ3n) is 3.27. The summed E-state index contributed by atoms with van der Waals surface area (Å²) >= 11 is 0. The summed E-state index contributed by atoms with van der Waals surface area (Å²) in [7, 11) is -1.73. The second kappa shape index (κ2) is 7.03. The molecule has 0 aliphatic carbocycles. The van der Waals surface area contributed by atoms with E-state index in [0.29, 0.717) is 39.1 Å². The molecular formula is C13H21N3O3S. The molecule has 6 nitrogen and oxygen atoms in total. The Labute approximate surface area is 120 Å². The first kappa shape index (κ1) is 15.2. The number of methoxy groups -OCH3 is 1. The molecule has 2 rings (SSSR count). The van der Waals surface area contributed by atoms with Crippen LogP contribution in [0.5, 0.6) is 5.75 Å². The summed E-state index contributed by atoms with van der Waals surface area (Å²) in [5.41, 5.74) is 1.08. The molecule has 1 aromatic rings. The summed E-state index contributed by atoms with van der Waals surface area (Å²) in [5, 5.41) is 3.13. The van der Waals surface area contributed by atoms with Gasteiger partial charge in [0.25, 0.3) is 10.2 Å². The number of nitrogens with one attached hydrogen (secondary N) is 2. The quantitative estimate of drug-likeness (QED) is 0.774. The van der Waals surface area contributed by atoms with E-state index in [-0.39, 0.29) is 0 Å². The molecule has 1 fully saturated rings. The normalized spacial score (nSPS) is 17.1. The molecule has 0 bridgehead atoms. The van der Waals surface area contributed by atoms with Crippen LogP contribution in [0.25, 0.3) is 0 Å². The van der Waals surface area contributed by atoms with Crippen LogP contribution in [0.15, 0.2) is 24.3 Å². The van der Waals surface area contributed by atoms with E-state index in [9.17, 15) is 8.42 Å². The van der Waals surface area contributed by atoms with E-state index < -0.39 is 10.2 Å². The molecule has 0 unspecified atom stereocenters. The highest BCUT2D eigenvalue weighted by Gasteiger charge is 2.22. The third kappa shape index (κ3) is 4.17. The lowest BCUT2D eigenvalue weighted by Gasteiger charge is -2.26. The maximum absolute atomic E-state index is 12.0. The fraction of sp³-hybridized carbons (Fsp3) is 0.538. The molecule has 0 saturated carbocycles. The van der Waals surface area contributed by atoms with Crippen LogP contribution in [0.1, 0.15) is 5.56 Å². The van der Waals surface area contributed by atoms with Gasteiger partial charge in [-0.05, 0) is 24.1 Å². The molecule has 112 valence electrons. The van der Waals surface area contributed by atoms with Crippen LogP contribution < -0.4 is 14.8 Å². The van der Waals surface area contributed by atoms with Crippen LogP contribution in [-0.4, -0.2) is 52.6 Å². The zero-order chi connectivity index (χ0) is 14.4. The SMILES string of the molecule is COc1ccc(CCNS(=O)(=O)N2CCNCC2)cc1. The lowest BCUT2D eigenvalue weighted by molar-refractivity contribution is 0.355. The molecule has 0 atom stereocenters. The zero-order valence-electron chi connectivity index (χ0n) is 11.6. The number of ether oxygens (including phenoxy) is 1. The van der Waals surface area contributed by atoms with Crippen molar-refractivity contribution in [1.82, 2.24) is 14.3 Å². The maximum atomic E-state index is 12.0. The molecule has 0 amide bonds. The van der Waals surface area contributed by atoms with Gasteiger partial charge in [-0.15, -0.1) is 0 Å². The van der Waals surface area contributed by atoms with Crippen LogP contribution in [-0.2, 0) is 16.6 Å². The Morgan fingerprint density at radius 3 is 2.50 bits per heavy atom. The minimum absolute atomic E-state index is 0.401. The minimum Gasteiger partial charge on any atom is -0.497 e. The van der Waals surface area contributed by atoms with Gasteiger partial charge in [0.1, 0.15) is 5.75 Å². The van der Waals surface area contributed by atoms with Crippen molar-refractivity contribution in [3.8, 4) is 5.75 Å². The first-order valence-electron chi connectivity index (χ1n) is 6.70. The van der Waals surface area contributed by atoms with Gasteiger partial charge in [-0.3, -0.25) is 0 Å². The first-order valence-corrected chi connectivity index (χ1v) is 8.14. The topological polar surface area (TPSA) is 70.7 Å². The van der Waals surface area contributed by atoms with E-state index in [1.807, 2.05) is 24.3 Å². The molecule has 7 heteroatoms. The van der Waals surface area contributed by atoms with E-state index in [2.05, 4.69) is 10.0 Å². The Morgan fingerprint density at radius 1 is 1.25 bits per heavy atom. The van der Waals surface area contributed by atoms with Gasteiger partial charge in [-0.25, -0.2) is 4.72 Å². The fourth-order valence-corrected chi connectivity index (χ4v) is 3.30. The van der Waals surface area contributed by atoms with E-state index in [1.165, 1.54) is 4.31 Å². The van der Waals surface area contributed by atoms with Crippen molar-refractivity contribution >= 4 is 10.2 Å². The third-order valence-corrected chi connectivity index (χ3v) is 4.89. The highest BCUT2D eigenvalue weighted by atomic mass is 32.2. The molecule has 1 aliphatic rings. The van der Waals surface area contributed by atoms with Crippen molar-refractivity contribution in [2.75, 3.05) is 39.8 Å². The van der Waals surface area contributed by atoms with Gasteiger partial charge in [-0.1, -0.05) is 12.1 Å². The summed E-state index contributed by atoms with van der Waals surface area (Å²) in [6.07, 6.45) is 0.662. The lowest BCUT2D eigenvalue weighted by atomic mass is 10.1. The summed E-state index contributed by atoms with van der Waals surface area (Å²) in [5.74, 6) is 0.801. The summed E-state index contributed by atoms with van der Waals surface area (Å²) in [6.45, 7) is 2.87. The van der Waals surface area contributed by atoms with Crippen LogP contribution >= 0.6 is 0 Å². The zero-order valence-corrected chi connectivity index (χ0v) is 12.4. The molecular weight excluding hydrogens is 278 g/mol. The van der Waals surface area contributed by atoms with Crippen LogP contribution in [0.2, 0.25) is 0 Å². The number of hydrogen-bond acceptors (Lipinski definition) is 4. The predicted molar refractivity (Wildman–Crippen MR) is 78.1 cm³/mol. The van der Waals surface area contributed by atoms with E-state index in [4.69, 9.17) is 4.74 Å². The predicted octanol–water partition coefficient (Wildman–Crippen LogP) is -0.0227. The smallest absolute Gasteiger partial charge is 0.279 e. The Balaban J connectivity index is 1.81. The standard InChI is InChI=1S/C13H21N3O3S/c1-19-13-4-2-12(3-5-13)6-7-15-20(17,18)16-10-8-14-9-11-16/h2-5,14-15H,6-11H2,1H3. The fourth-order valence-electron chi connectivity index (χ4n) is 2.09. The second-order valence-corrected chi connectivity index (χ2v) is 6.40. The maximum Gasteiger partial charge on any atom is 0.279 e. The van der Waals surface area contributed by atoms with E-state index in [0.717, 1.165) is 11.3 Å². The largest absolute Gasteiger partial charge is 0.497 e. The first-order chi connectivity index (χ1) is 9.62. The van der Waals surface area contributed by atoms with Gasteiger partial charge in [0, 0.05) is 32.7 Å². The molecule has 1 aliphatic heterocycles. The van der Waals surface area contributed by atoms with Gasteiger partial charge >= 0.3 is 0 Å². The lowest BCUT2D eigenvalue weighted by Crippen LogP contribution is -2.50. The average Bonchev–Trinajstić information content (AvgIpc) is 2.49. The summed E-state index contributed by atoms with van der Waals surface area (Å²) in [6, 6.07) is 7.64. The molecule has 0 radical (unpaired) electrons. The van der Waals surface area contributed by atoms with Crippen LogP contribution in [0.4, 0.5) is 0 Å². The van der Waals surface area contributed by atoms with Crippen molar-refractivity contribution < 1.29 is 13.2 Å². The Hall–Kier alpha value is -1.15. The van der Waals surface area contributed by atoms with Gasteiger partial charge in [0.2, 0.25) is 0 Å². The number of benzene rings is 1. The molecule has 0 spiro atoms. The van der Waals surface area contributed by atoms with Crippen molar-refractivity contribution in [2.24, 2.45) is 0 Å². The molecule has 2 N–H and O–H groups in total. The van der Waals surface area contributed by atoms with E-state index in [1.54, 1.807) is 7.11 Å². The van der Waals surface area contributed by atoms with Gasteiger partial charge < -0.3 is 10.1 Å². The van der Waals surface area contributed by atoms with Gasteiger partial charge in [-0.2, -0.15) is 12.7 Å². The summed E-state index contributed by atoms with van der Waals surface area (Å²) < 4.78 is 33.3. The van der Waals surface area contributed by atoms with Crippen molar-refractivity contribution in [3.05, 3.63) is 29.8 Å². The monoisotopic (exact) mass is 299 g/mol.